The maximum Gasteiger partial charge on any atom is 0.261 e. The number of nitrogens with one attached hydrogen (secondary N) is 1. The highest BCUT2D eigenvalue weighted by Gasteiger charge is 2.22. The van der Waals surface area contributed by atoms with E-state index in [1.807, 2.05) is 12.1 Å². The maximum atomic E-state index is 12.6. The van der Waals surface area contributed by atoms with E-state index in [1.165, 1.54) is 34.6 Å². The second-order valence-corrected chi connectivity index (χ2v) is 9.47. The van der Waals surface area contributed by atoms with E-state index >= 15 is 0 Å². The smallest absolute Gasteiger partial charge is 0.261 e. The molecule has 0 spiro atoms. The first kappa shape index (κ1) is 19.6. The third-order valence-corrected chi connectivity index (χ3v) is 7.10. The minimum absolute atomic E-state index is 0.0498. The Balaban J connectivity index is 1.49. The Morgan fingerprint density at radius 1 is 1.10 bits per heavy atom. The SMILES string of the molecule is COc1ccc2c(c1)CCc1cc(C(=O)NCc3ccc(S(N)(=O)=O)cc3)sc1-2. The van der Waals surface area contributed by atoms with Gasteiger partial charge < -0.3 is 10.1 Å². The zero-order valence-corrected chi connectivity index (χ0v) is 17.4. The quantitative estimate of drug-likeness (QED) is 0.652. The molecule has 1 heterocycles. The molecule has 0 fully saturated rings. The van der Waals surface area contributed by atoms with Gasteiger partial charge in [0.25, 0.3) is 5.91 Å². The van der Waals surface area contributed by atoms with Gasteiger partial charge >= 0.3 is 0 Å². The van der Waals surface area contributed by atoms with E-state index in [0.29, 0.717) is 11.4 Å². The number of rotatable bonds is 5. The van der Waals surface area contributed by atoms with E-state index in [9.17, 15) is 13.2 Å². The first-order valence-corrected chi connectivity index (χ1v) is 11.4. The van der Waals surface area contributed by atoms with Crippen LogP contribution < -0.4 is 15.2 Å². The normalized spacial score (nSPS) is 12.8. The number of benzene rings is 2. The number of nitrogens with two attached hydrogens (primary N) is 1. The summed E-state index contributed by atoms with van der Waals surface area (Å²) in [6, 6.07) is 14.2. The molecule has 0 atom stereocenters. The highest BCUT2D eigenvalue weighted by atomic mass is 32.2. The van der Waals surface area contributed by atoms with Gasteiger partial charge in [-0.1, -0.05) is 12.1 Å². The van der Waals surface area contributed by atoms with Crippen LogP contribution in [0.4, 0.5) is 0 Å². The van der Waals surface area contributed by atoms with Crippen molar-refractivity contribution in [1.29, 1.82) is 0 Å². The standard InChI is InChI=1S/C21H20N2O4S2/c1-27-16-6-9-18-14(10-16)4-5-15-11-19(28-20(15)18)21(24)23-12-13-2-7-17(8-3-13)29(22,25)26/h2-3,6-11H,4-5,12H2,1H3,(H,23,24)(H2,22,25,26). The van der Waals surface area contributed by atoms with Crippen LogP contribution in [0.2, 0.25) is 0 Å². The molecule has 6 nitrogen and oxygen atoms in total. The third-order valence-electron chi connectivity index (χ3n) is 4.96. The number of thiophene rings is 1. The number of hydrogen-bond donors (Lipinski definition) is 2. The lowest BCUT2D eigenvalue weighted by atomic mass is 9.91. The lowest BCUT2D eigenvalue weighted by Crippen LogP contribution is -2.21. The van der Waals surface area contributed by atoms with Crippen LogP contribution in [-0.4, -0.2) is 21.4 Å². The Hall–Kier alpha value is -2.68. The predicted molar refractivity (Wildman–Crippen MR) is 113 cm³/mol. The Labute approximate surface area is 173 Å². The topological polar surface area (TPSA) is 98.5 Å². The van der Waals surface area contributed by atoms with Gasteiger partial charge in [0.05, 0.1) is 16.9 Å². The van der Waals surface area contributed by atoms with Gasteiger partial charge in [0.1, 0.15) is 5.75 Å². The van der Waals surface area contributed by atoms with Crippen molar-refractivity contribution in [3.8, 4) is 16.2 Å². The highest BCUT2D eigenvalue weighted by Crippen LogP contribution is 2.40. The Bertz CT molecular complexity index is 1180. The van der Waals surface area contributed by atoms with Gasteiger partial charge in [-0.25, -0.2) is 13.6 Å². The average molecular weight is 429 g/mol. The third kappa shape index (κ3) is 4.05. The highest BCUT2D eigenvalue weighted by molar-refractivity contribution is 7.89. The van der Waals surface area contributed by atoms with Crippen LogP contribution >= 0.6 is 11.3 Å². The molecule has 0 radical (unpaired) electrons. The van der Waals surface area contributed by atoms with Crippen LogP contribution in [0.1, 0.15) is 26.4 Å². The van der Waals surface area contributed by atoms with Crippen molar-refractivity contribution in [1.82, 2.24) is 5.32 Å². The average Bonchev–Trinajstić information content (AvgIpc) is 3.16. The van der Waals surface area contributed by atoms with Crippen LogP contribution in [0.25, 0.3) is 10.4 Å². The molecule has 0 aliphatic heterocycles. The van der Waals surface area contributed by atoms with Gasteiger partial charge in [-0.2, -0.15) is 0 Å². The van der Waals surface area contributed by atoms with E-state index < -0.39 is 10.0 Å². The Morgan fingerprint density at radius 3 is 2.52 bits per heavy atom. The van der Waals surface area contributed by atoms with Crippen molar-refractivity contribution in [3.05, 3.63) is 70.1 Å². The van der Waals surface area contributed by atoms with Crippen LogP contribution in [-0.2, 0) is 29.4 Å². The number of methoxy groups -OCH3 is 1. The number of ether oxygens (including phenoxy) is 1. The fourth-order valence-corrected chi connectivity index (χ4v) is 5.12. The summed E-state index contributed by atoms with van der Waals surface area (Å²) in [5.74, 6) is 0.699. The summed E-state index contributed by atoms with van der Waals surface area (Å²) in [6.07, 6.45) is 1.82. The number of hydrogen-bond acceptors (Lipinski definition) is 5. The first-order chi connectivity index (χ1) is 13.8. The van der Waals surface area contributed by atoms with Crippen molar-refractivity contribution in [3.63, 3.8) is 0 Å². The van der Waals surface area contributed by atoms with Gasteiger partial charge in [0.2, 0.25) is 10.0 Å². The van der Waals surface area contributed by atoms with Crippen LogP contribution in [0.15, 0.2) is 53.4 Å². The second-order valence-electron chi connectivity index (χ2n) is 6.86. The van der Waals surface area contributed by atoms with Crippen LogP contribution in [0.5, 0.6) is 5.75 Å². The Morgan fingerprint density at radius 2 is 1.83 bits per heavy atom. The molecule has 2 aromatic carbocycles. The molecular formula is C21H20N2O4S2. The van der Waals surface area contributed by atoms with Gasteiger partial charge in [0, 0.05) is 11.4 Å². The fourth-order valence-electron chi connectivity index (χ4n) is 3.42. The number of sulfonamides is 1. The zero-order valence-electron chi connectivity index (χ0n) is 15.8. The van der Waals surface area contributed by atoms with Gasteiger partial charge in [-0.15, -0.1) is 11.3 Å². The van der Waals surface area contributed by atoms with Crippen LogP contribution in [0, 0.1) is 0 Å². The monoisotopic (exact) mass is 428 g/mol. The molecule has 1 amide bonds. The van der Waals surface area contributed by atoms with E-state index in [-0.39, 0.29) is 10.8 Å². The number of carbonyl (C=O) groups excluding carboxylic acids is 1. The largest absolute Gasteiger partial charge is 0.497 e. The summed E-state index contributed by atoms with van der Waals surface area (Å²) in [7, 11) is -2.06. The molecule has 29 heavy (non-hydrogen) atoms. The lowest BCUT2D eigenvalue weighted by molar-refractivity contribution is 0.0955. The summed E-state index contributed by atoms with van der Waals surface area (Å²) in [5, 5.41) is 8.00. The van der Waals surface area contributed by atoms with Gasteiger partial charge in [0.15, 0.2) is 0 Å². The van der Waals surface area contributed by atoms with E-state index in [4.69, 9.17) is 9.88 Å². The number of carbonyl (C=O) groups is 1. The van der Waals surface area contributed by atoms with Gasteiger partial charge in [-0.05, 0) is 71.5 Å². The molecular weight excluding hydrogens is 408 g/mol. The minimum Gasteiger partial charge on any atom is -0.497 e. The summed E-state index contributed by atoms with van der Waals surface area (Å²) in [5.41, 5.74) is 4.38. The van der Waals surface area contributed by atoms with Crippen molar-refractivity contribution < 1.29 is 17.9 Å². The number of aryl methyl sites for hydroxylation is 2. The van der Waals surface area contributed by atoms with Crippen molar-refractivity contribution in [2.24, 2.45) is 5.14 Å². The minimum atomic E-state index is -3.72. The summed E-state index contributed by atoms with van der Waals surface area (Å²) in [4.78, 5) is 14.5. The van der Waals surface area contributed by atoms with E-state index in [2.05, 4.69) is 17.4 Å². The molecule has 0 unspecified atom stereocenters. The zero-order chi connectivity index (χ0) is 20.6. The number of primary sulfonamides is 1. The summed E-state index contributed by atoms with van der Waals surface area (Å²) >= 11 is 1.49. The van der Waals surface area contributed by atoms with Gasteiger partial charge in [-0.3, -0.25) is 4.79 Å². The molecule has 0 saturated heterocycles. The first-order valence-electron chi connectivity index (χ1n) is 9.05. The molecule has 1 aromatic heterocycles. The number of fused-ring (bicyclic) bond motifs is 3. The molecule has 0 saturated carbocycles. The molecule has 8 heteroatoms. The second kappa shape index (κ2) is 7.62. The molecule has 3 aromatic rings. The molecule has 150 valence electrons. The molecule has 1 aliphatic rings. The summed E-state index contributed by atoms with van der Waals surface area (Å²) < 4.78 is 27.9. The van der Waals surface area contributed by atoms with E-state index in [1.54, 1.807) is 19.2 Å². The van der Waals surface area contributed by atoms with Crippen molar-refractivity contribution in [2.75, 3.05) is 7.11 Å². The van der Waals surface area contributed by atoms with E-state index in [0.717, 1.165) is 34.6 Å². The predicted octanol–water partition coefficient (Wildman–Crippen LogP) is 3.10. The molecule has 0 bridgehead atoms. The maximum absolute atomic E-state index is 12.6. The lowest BCUT2D eigenvalue weighted by Gasteiger charge is -2.16. The van der Waals surface area contributed by atoms with Crippen LogP contribution in [0.3, 0.4) is 0 Å². The molecule has 3 N–H and O–H groups in total. The van der Waals surface area contributed by atoms with Crippen molar-refractivity contribution >= 4 is 27.3 Å². The van der Waals surface area contributed by atoms with Crippen molar-refractivity contribution in [2.45, 2.75) is 24.3 Å². The summed E-state index contributed by atoms with van der Waals surface area (Å²) in [6.45, 7) is 0.306. The molecule has 1 aliphatic carbocycles. The molecule has 4 rings (SSSR count). The fraction of sp³-hybridized carbons (Fsp3) is 0.190. The number of amides is 1. The Kier molecular flexibility index (Phi) is 5.16.